The minimum Gasteiger partial charge on any atom is -0.452 e. The predicted octanol–water partition coefficient (Wildman–Crippen LogP) is 8.29. The van der Waals surface area contributed by atoms with Crippen molar-refractivity contribution in [1.29, 1.82) is 0 Å². The minimum atomic E-state index is 0.634. The molecule has 0 fully saturated rings. The Morgan fingerprint density at radius 2 is 1.28 bits per heavy atom. The third kappa shape index (κ3) is 2.64. The number of hydrogen-bond acceptors (Lipinski definition) is 3. The molecule has 0 saturated heterocycles. The molecule has 4 heteroatoms. The van der Waals surface area contributed by atoms with Crippen molar-refractivity contribution >= 4 is 54.6 Å². The molecule has 0 amide bonds. The van der Waals surface area contributed by atoms with Crippen LogP contribution in [0.2, 0.25) is 0 Å². The van der Waals surface area contributed by atoms with Crippen molar-refractivity contribution in [2.45, 2.75) is 0 Å². The maximum absolute atomic E-state index is 6.31. The molecule has 36 heavy (non-hydrogen) atoms. The molecule has 4 nitrogen and oxygen atoms in total. The fraction of sp³-hybridized carbons (Fsp3) is 0. The van der Waals surface area contributed by atoms with Gasteiger partial charge in [-0.1, -0.05) is 91.0 Å². The number of nitrogens with zero attached hydrogens (tertiary/aromatic N) is 3. The predicted molar refractivity (Wildman–Crippen MR) is 147 cm³/mol. The molecule has 3 heterocycles. The van der Waals surface area contributed by atoms with Gasteiger partial charge in [-0.2, -0.15) is 0 Å². The molecule has 3 aromatic heterocycles. The summed E-state index contributed by atoms with van der Waals surface area (Å²) in [7, 11) is 0. The van der Waals surface area contributed by atoms with E-state index in [1.54, 1.807) is 0 Å². The Balaban J connectivity index is 1.56. The van der Waals surface area contributed by atoms with Gasteiger partial charge in [0.1, 0.15) is 16.8 Å². The third-order valence-corrected chi connectivity index (χ3v) is 7.02. The molecular weight excluding hydrogens is 442 g/mol. The summed E-state index contributed by atoms with van der Waals surface area (Å²) in [6.07, 6.45) is 0. The zero-order chi connectivity index (χ0) is 23.6. The summed E-state index contributed by atoms with van der Waals surface area (Å²) in [5.74, 6) is 0.634. The Morgan fingerprint density at radius 3 is 2.17 bits per heavy atom. The Kier molecular flexibility index (Phi) is 3.91. The van der Waals surface area contributed by atoms with Crippen LogP contribution < -0.4 is 0 Å². The second kappa shape index (κ2) is 7.27. The van der Waals surface area contributed by atoms with Crippen molar-refractivity contribution in [3.63, 3.8) is 0 Å². The zero-order valence-electron chi connectivity index (χ0n) is 19.2. The molecule has 168 valence electrons. The lowest BCUT2D eigenvalue weighted by molar-refractivity contribution is 0.666. The topological polar surface area (TPSA) is 43.9 Å². The van der Waals surface area contributed by atoms with Crippen LogP contribution in [-0.4, -0.2) is 14.5 Å². The molecule has 0 spiro atoms. The summed E-state index contributed by atoms with van der Waals surface area (Å²) in [5.41, 5.74) is 6.29. The molecule has 0 unspecified atom stereocenters. The van der Waals surface area contributed by atoms with Crippen molar-refractivity contribution in [3.8, 4) is 17.2 Å². The van der Waals surface area contributed by atoms with Gasteiger partial charge in [0, 0.05) is 21.7 Å². The van der Waals surface area contributed by atoms with E-state index in [2.05, 4.69) is 83.4 Å². The third-order valence-electron chi connectivity index (χ3n) is 7.02. The van der Waals surface area contributed by atoms with E-state index in [1.807, 2.05) is 36.4 Å². The number of hydrogen-bond donors (Lipinski definition) is 0. The number of para-hydroxylation sites is 2. The molecular formula is C32H19N3O. The first kappa shape index (κ1) is 19.4. The Labute approximate surface area is 206 Å². The van der Waals surface area contributed by atoms with Crippen molar-refractivity contribution in [2.24, 2.45) is 0 Å². The maximum atomic E-state index is 6.31. The zero-order valence-corrected chi connectivity index (χ0v) is 19.2. The van der Waals surface area contributed by atoms with Crippen LogP contribution in [0.1, 0.15) is 0 Å². The summed E-state index contributed by atoms with van der Waals surface area (Å²) in [5, 5.41) is 5.83. The monoisotopic (exact) mass is 461 g/mol. The Bertz CT molecular complexity index is 2100. The van der Waals surface area contributed by atoms with E-state index in [1.165, 1.54) is 21.5 Å². The highest BCUT2D eigenvalue weighted by Gasteiger charge is 2.21. The second-order valence-corrected chi connectivity index (χ2v) is 9.05. The SMILES string of the molecule is c1ccc(-c2nc(-n3c4ccccc4c4c5ccccc5ccc43)nc3c2oc2ccccc23)cc1. The molecule has 0 radical (unpaired) electrons. The first-order valence-corrected chi connectivity index (χ1v) is 12.0. The lowest BCUT2D eigenvalue weighted by Crippen LogP contribution is -2.02. The quantitative estimate of drug-likeness (QED) is 0.260. The van der Waals surface area contributed by atoms with Crippen LogP contribution >= 0.6 is 0 Å². The molecule has 0 saturated carbocycles. The van der Waals surface area contributed by atoms with E-state index < -0.39 is 0 Å². The van der Waals surface area contributed by atoms with Crippen molar-refractivity contribution in [2.75, 3.05) is 0 Å². The first-order valence-electron chi connectivity index (χ1n) is 12.0. The smallest absolute Gasteiger partial charge is 0.236 e. The number of benzene rings is 5. The molecule has 0 atom stereocenters. The molecule has 0 aliphatic carbocycles. The highest BCUT2D eigenvalue weighted by molar-refractivity contribution is 6.21. The van der Waals surface area contributed by atoms with Gasteiger partial charge >= 0.3 is 0 Å². The van der Waals surface area contributed by atoms with Gasteiger partial charge in [-0.25, -0.2) is 9.97 Å². The average molecular weight is 462 g/mol. The van der Waals surface area contributed by atoms with Crippen molar-refractivity contribution in [3.05, 3.63) is 115 Å². The summed E-state index contributed by atoms with van der Waals surface area (Å²) in [6.45, 7) is 0. The summed E-state index contributed by atoms with van der Waals surface area (Å²) in [4.78, 5) is 10.3. The molecule has 0 bridgehead atoms. The van der Waals surface area contributed by atoms with Crippen molar-refractivity contribution < 1.29 is 4.42 Å². The minimum absolute atomic E-state index is 0.634. The van der Waals surface area contributed by atoms with Crippen LogP contribution in [0.15, 0.2) is 120 Å². The second-order valence-electron chi connectivity index (χ2n) is 9.05. The fourth-order valence-corrected chi connectivity index (χ4v) is 5.43. The highest BCUT2D eigenvalue weighted by atomic mass is 16.3. The molecule has 5 aromatic carbocycles. The summed E-state index contributed by atoms with van der Waals surface area (Å²) in [6, 6.07) is 39.6. The molecule has 0 aliphatic heterocycles. The number of rotatable bonds is 2. The van der Waals surface area contributed by atoms with Crippen LogP contribution in [0.25, 0.3) is 71.9 Å². The van der Waals surface area contributed by atoms with Gasteiger partial charge in [-0.3, -0.25) is 4.57 Å². The van der Waals surface area contributed by atoms with Gasteiger partial charge < -0.3 is 4.42 Å². The summed E-state index contributed by atoms with van der Waals surface area (Å²) < 4.78 is 8.49. The van der Waals surface area contributed by atoms with E-state index in [0.29, 0.717) is 11.5 Å². The normalized spacial score (nSPS) is 11.9. The Morgan fingerprint density at radius 1 is 0.556 bits per heavy atom. The van der Waals surface area contributed by atoms with Crippen LogP contribution in [0.4, 0.5) is 0 Å². The lowest BCUT2D eigenvalue weighted by atomic mass is 10.0. The van der Waals surface area contributed by atoms with E-state index >= 15 is 0 Å². The molecule has 0 N–H and O–H groups in total. The molecule has 0 aliphatic rings. The van der Waals surface area contributed by atoms with E-state index in [9.17, 15) is 0 Å². The van der Waals surface area contributed by atoms with Crippen LogP contribution in [0.3, 0.4) is 0 Å². The highest BCUT2D eigenvalue weighted by Crippen LogP contribution is 2.38. The van der Waals surface area contributed by atoms with Gasteiger partial charge in [0.2, 0.25) is 5.95 Å². The lowest BCUT2D eigenvalue weighted by Gasteiger charge is -2.09. The van der Waals surface area contributed by atoms with E-state index in [4.69, 9.17) is 14.4 Å². The van der Waals surface area contributed by atoms with Gasteiger partial charge in [-0.05, 0) is 35.0 Å². The van der Waals surface area contributed by atoms with E-state index in [-0.39, 0.29) is 0 Å². The summed E-state index contributed by atoms with van der Waals surface area (Å²) >= 11 is 0. The standard InChI is InChI=1S/C32H19N3O/c1-2-11-21(12-3-1)29-31-30(24-15-7-9-17-27(24)36-31)34-32(33-29)35-25-16-8-6-14-23(25)28-22-13-5-4-10-20(22)18-19-26(28)35/h1-19H. The van der Waals surface area contributed by atoms with Gasteiger partial charge in [0.25, 0.3) is 0 Å². The molecule has 8 aromatic rings. The molecule has 8 rings (SSSR count). The maximum Gasteiger partial charge on any atom is 0.236 e. The Hall–Kier alpha value is -4.96. The van der Waals surface area contributed by atoms with Crippen LogP contribution in [0.5, 0.6) is 0 Å². The van der Waals surface area contributed by atoms with E-state index in [0.717, 1.165) is 38.8 Å². The van der Waals surface area contributed by atoms with Gasteiger partial charge in [0.15, 0.2) is 5.58 Å². The largest absolute Gasteiger partial charge is 0.452 e. The first-order chi connectivity index (χ1) is 17.9. The number of furan rings is 1. The van der Waals surface area contributed by atoms with Crippen LogP contribution in [0, 0.1) is 0 Å². The fourth-order valence-electron chi connectivity index (χ4n) is 5.43. The van der Waals surface area contributed by atoms with Crippen LogP contribution in [-0.2, 0) is 0 Å². The van der Waals surface area contributed by atoms with Gasteiger partial charge in [-0.15, -0.1) is 0 Å². The van der Waals surface area contributed by atoms with Crippen molar-refractivity contribution in [1.82, 2.24) is 14.5 Å². The average Bonchev–Trinajstić information content (AvgIpc) is 3.49. The number of aromatic nitrogens is 3. The van der Waals surface area contributed by atoms with Gasteiger partial charge in [0.05, 0.1) is 11.0 Å². The number of fused-ring (bicyclic) bond motifs is 8.